The Bertz CT molecular complexity index is 836. The second kappa shape index (κ2) is 12.7. The number of nitrogens with zero attached hydrogens (tertiary/aromatic N) is 3. The zero-order valence-corrected chi connectivity index (χ0v) is 21.0. The topological polar surface area (TPSA) is 75.4 Å². The smallest absolute Gasteiger partial charge is 0.189 e. The molecule has 0 aromatic heterocycles. The molecule has 2 aromatic carbocycles. The summed E-state index contributed by atoms with van der Waals surface area (Å²) in [5, 5.41) is 3.18. The molecule has 0 spiro atoms. The number of rotatable bonds is 8. The summed E-state index contributed by atoms with van der Waals surface area (Å²) in [6.07, 6.45) is 0. The Kier molecular flexibility index (Phi) is 10.4. The van der Waals surface area contributed by atoms with Crippen LogP contribution in [0.5, 0.6) is 11.5 Å². The van der Waals surface area contributed by atoms with Crippen LogP contribution in [0.3, 0.4) is 0 Å². The van der Waals surface area contributed by atoms with E-state index in [9.17, 15) is 0 Å². The van der Waals surface area contributed by atoms with Gasteiger partial charge in [0.2, 0.25) is 0 Å². The highest BCUT2D eigenvalue weighted by molar-refractivity contribution is 14.0. The molecule has 1 fully saturated rings. The number of likely N-dealkylation sites (N-methyl/N-ethyl adjacent to an activating group) is 1. The lowest BCUT2D eigenvalue weighted by Crippen LogP contribution is -2.43. The normalized spacial score (nSPS) is 15.3. The van der Waals surface area contributed by atoms with Crippen LogP contribution in [-0.4, -0.2) is 63.2 Å². The fraction of sp³-hybridized carbons (Fsp3) is 0.435. The molecule has 0 radical (unpaired) electrons. The van der Waals surface area contributed by atoms with E-state index < -0.39 is 0 Å². The summed E-state index contributed by atoms with van der Waals surface area (Å²) in [4.78, 5) is 9.30. The summed E-state index contributed by atoms with van der Waals surface area (Å²) >= 11 is 0. The van der Waals surface area contributed by atoms with E-state index in [4.69, 9.17) is 15.2 Å². The first-order chi connectivity index (χ1) is 14.6. The van der Waals surface area contributed by atoms with Gasteiger partial charge >= 0.3 is 0 Å². The SMILES string of the molecule is COc1ccc(CN=C(N)NCc2ccc(CN3CCN(C)CC3)cc2)cc1OC.I. The molecule has 1 aliphatic heterocycles. The molecule has 3 rings (SSSR count). The summed E-state index contributed by atoms with van der Waals surface area (Å²) in [6.45, 7) is 6.68. The van der Waals surface area contributed by atoms with Crippen molar-refractivity contribution in [2.24, 2.45) is 10.7 Å². The van der Waals surface area contributed by atoms with Gasteiger partial charge in [0.1, 0.15) is 0 Å². The fourth-order valence-corrected chi connectivity index (χ4v) is 3.43. The molecule has 3 N–H and O–H groups in total. The molecular weight excluding hydrogens is 505 g/mol. The van der Waals surface area contributed by atoms with Crippen molar-refractivity contribution < 1.29 is 9.47 Å². The Labute approximate surface area is 202 Å². The van der Waals surface area contributed by atoms with Crippen LogP contribution in [0.15, 0.2) is 47.5 Å². The molecule has 0 bridgehead atoms. The highest BCUT2D eigenvalue weighted by Crippen LogP contribution is 2.27. The van der Waals surface area contributed by atoms with Gasteiger partial charge in [-0.2, -0.15) is 0 Å². The lowest BCUT2D eigenvalue weighted by molar-refractivity contribution is 0.148. The molecule has 0 unspecified atom stereocenters. The summed E-state index contributed by atoms with van der Waals surface area (Å²) < 4.78 is 10.6. The van der Waals surface area contributed by atoms with Gasteiger partial charge in [-0.15, -0.1) is 24.0 Å². The number of halogens is 1. The Balaban J connectivity index is 0.00000341. The molecule has 2 aromatic rings. The highest BCUT2D eigenvalue weighted by atomic mass is 127. The summed E-state index contributed by atoms with van der Waals surface area (Å²) in [7, 11) is 5.43. The Morgan fingerprint density at radius 2 is 1.55 bits per heavy atom. The van der Waals surface area contributed by atoms with Gasteiger partial charge in [0.25, 0.3) is 0 Å². The minimum Gasteiger partial charge on any atom is -0.493 e. The number of guanidine groups is 1. The first kappa shape index (κ1) is 25.2. The van der Waals surface area contributed by atoms with Crippen LogP contribution in [0, 0.1) is 0 Å². The summed E-state index contributed by atoms with van der Waals surface area (Å²) in [6, 6.07) is 14.4. The van der Waals surface area contributed by atoms with Gasteiger partial charge < -0.3 is 25.4 Å². The van der Waals surface area contributed by atoms with Gasteiger partial charge in [0.05, 0.1) is 20.8 Å². The third kappa shape index (κ3) is 7.86. The number of aliphatic imine (C=N–C) groups is 1. The van der Waals surface area contributed by atoms with Gasteiger partial charge in [-0.05, 0) is 35.9 Å². The van der Waals surface area contributed by atoms with Crippen molar-refractivity contribution in [1.82, 2.24) is 15.1 Å². The lowest BCUT2D eigenvalue weighted by atomic mass is 10.1. The summed E-state index contributed by atoms with van der Waals surface area (Å²) in [5.41, 5.74) is 9.57. The van der Waals surface area contributed by atoms with Gasteiger partial charge in [-0.25, -0.2) is 4.99 Å². The minimum absolute atomic E-state index is 0. The van der Waals surface area contributed by atoms with Crippen LogP contribution in [0.1, 0.15) is 16.7 Å². The number of ether oxygens (including phenoxy) is 2. The highest BCUT2D eigenvalue weighted by Gasteiger charge is 2.13. The zero-order chi connectivity index (χ0) is 21.3. The lowest BCUT2D eigenvalue weighted by Gasteiger charge is -2.32. The summed E-state index contributed by atoms with van der Waals surface area (Å²) in [5.74, 6) is 1.81. The maximum absolute atomic E-state index is 6.03. The average Bonchev–Trinajstić information content (AvgIpc) is 2.78. The standard InChI is InChI=1S/C23H33N5O2.HI/c1-27-10-12-28(13-11-27)17-19-6-4-18(5-7-19)15-25-23(24)26-16-20-8-9-21(29-2)22(14-20)30-3;/h4-9,14H,10-13,15-17H2,1-3H3,(H3,24,25,26);1H. The third-order valence-corrected chi connectivity index (χ3v) is 5.38. The molecule has 1 saturated heterocycles. The van der Waals surface area contributed by atoms with Crippen LogP contribution >= 0.6 is 24.0 Å². The van der Waals surface area contributed by atoms with Crippen molar-refractivity contribution in [1.29, 1.82) is 0 Å². The predicted octanol–water partition coefficient (Wildman–Crippen LogP) is 2.67. The molecule has 0 atom stereocenters. The number of benzene rings is 2. The average molecular weight is 539 g/mol. The molecule has 1 aliphatic rings. The monoisotopic (exact) mass is 539 g/mol. The van der Waals surface area contributed by atoms with Crippen LogP contribution in [-0.2, 0) is 19.6 Å². The first-order valence-electron chi connectivity index (χ1n) is 10.3. The van der Waals surface area contributed by atoms with E-state index in [0.29, 0.717) is 30.5 Å². The maximum atomic E-state index is 6.03. The number of hydrogen-bond donors (Lipinski definition) is 2. The van der Waals surface area contributed by atoms with Gasteiger partial charge in [-0.1, -0.05) is 30.3 Å². The third-order valence-electron chi connectivity index (χ3n) is 5.38. The van der Waals surface area contributed by atoms with E-state index >= 15 is 0 Å². The van der Waals surface area contributed by atoms with Gasteiger partial charge in [0.15, 0.2) is 17.5 Å². The second-order valence-electron chi connectivity index (χ2n) is 7.64. The number of nitrogens with two attached hydrogens (primary N) is 1. The van der Waals surface area contributed by atoms with Crippen molar-refractivity contribution in [3.63, 3.8) is 0 Å². The predicted molar refractivity (Wildman–Crippen MR) is 136 cm³/mol. The van der Waals surface area contributed by atoms with Crippen molar-refractivity contribution in [3.05, 3.63) is 59.2 Å². The fourth-order valence-electron chi connectivity index (χ4n) is 3.43. The van der Waals surface area contributed by atoms with Crippen LogP contribution in [0.4, 0.5) is 0 Å². The number of hydrogen-bond acceptors (Lipinski definition) is 5. The van der Waals surface area contributed by atoms with Crippen molar-refractivity contribution in [2.75, 3.05) is 47.4 Å². The second-order valence-corrected chi connectivity index (χ2v) is 7.64. The van der Waals surface area contributed by atoms with E-state index in [1.165, 1.54) is 11.1 Å². The molecule has 1 heterocycles. The van der Waals surface area contributed by atoms with E-state index in [2.05, 4.69) is 51.4 Å². The molecule has 7 nitrogen and oxygen atoms in total. The van der Waals surface area contributed by atoms with Gasteiger partial charge in [-0.3, -0.25) is 4.90 Å². The zero-order valence-electron chi connectivity index (χ0n) is 18.6. The Morgan fingerprint density at radius 1 is 0.935 bits per heavy atom. The van der Waals surface area contributed by atoms with E-state index in [0.717, 1.165) is 38.3 Å². The maximum Gasteiger partial charge on any atom is 0.189 e. The largest absolute Gasteiger partial charge is 0.493 e. The number of piperazine rings is 1. The number of nitrogens with one attached hydrogen (secondary N) is 1. The van der Waals surface area contributed by atoms with E-state index in [-0.39, 0.29) is 24.0 Å². The molecule has 8 heteroatoms. The van der Waals surface area contributed by atoms with Crippen molar-refractivity contribution in [3.8, 4) is 11.5 Å². The van der Waals surface area contributed by atoms with Crippen molar-refractivity contribution >= 4 is 29.9 Å². The molecule has 31 heavy (non-hydrogen) atoms. The van der Waals surface area contributed by atoms with Crippen LogP contribution in [0.25, 0.3) is 0 Å². The molecule has 0 saturated carbocycles. The van der Waals surface area contributed by atoms with E-state index in [1.807, 2.05) is 18.2 Å². The van der Waals surface area contributed by atoms with Crippen LogP contribution < -0.4 is 20.5 Å². The van der Waals surface area contributed by atoms with Crippen molar-refractivity contribution in [2.45, 2.75) is 19.6 Å². The van der Waals surface area contributed by atoms with Crippen LogP contribution in [0.2, 0.25) is 0 Å². The van der Waals surface area contributed by atoms with E-state index in [1.54, 1.807) is 14.2 Å². The molecule has 0 amide bonds. The Morgan fingerprint density at radius 3 is 2.19 bits per heavy atom. The quantitative estimate of drug-likeness (QED) is 0.306. The Hall–Kier alpha value is -2.04. The van der Waals surface area contributed by atoms with Gasteiger partial charge in [0, 0.05) is 39.3 Å². The molecular formula is C23H34IN5O2. The first-order valence-corrected chi connectivity index (χ1v) is 10.3. The molecule has 170 valence electrons. The molecule has 0 aliphatic carbocycles. The minimum atomic E-state index is 0. The number of methoxy groups -OCH3 is 2.